The minimum Gasteiger partial charge on any atom is -0.475 e. The first-order valence-electron chi connectivity index (χ1n) is 11.7. The van der Waals surface area contributed by atoms with Crippen molar-refractivity contribution in [2.24, 2.45) is 11.1 Å². The molecule has 3 atom stereocenters. The summed E-state index contributed by atoms with van der Waals surface area (Å²) in [6.07, 6.45) is 0.307. The summed E-state index contributed by atoms with van der Waals surface area (Å²) in [5.41, 5.74) is 2.35. The molecule has 2 saturated heterocycles. The number of carboxylic acids is 1. The molecule has 0 aromatic heterocycles. The summed E-state index contributed by atoms with van der Waals surface area (Å²) in [5.74, 6) is -2.44. The number of piperazine rings is 1. The Balaban J connectivity index is 1.33. The Morgan fingerprint density at radius 3 is 2.29 bits per heavy atom. The molecular weight excluding hydrogens is 438 g/mol. The minimum atomic E-state index is -1.42. The van der Waals surface area contributed by atoms with Gasteiger partial charge in [0.1, 0.15) is 5.84 Å². The van der Waals surface area contributed by atoms with Crippen LogP contribution in [0.15, 0.2) is 29.4 Å². The van der Waals surface area contributed by atoms with Gasteiger partial charge >= 0.3 is 5.97 Å². The zero-order chi connectivity index (χ0) is 24.4. The lowest BCUT2D eigenvalue weighted by Gasteiger charge is -2.41. The molecule has 1 aromatic rings. The van der Waals surface area contributed by atoms with Crippen LogP contribution in [0.3, 0.4) is 0 Å². The van der Waals surface area contributed by atoms with E-state index in [1.807, 2.05) is 24.3 Å². The van der Waals surface area contributed by atoms with Gasteiger partial charge in [0.05, 0.1) is 5.71 Å². The van der Waals surface area contributed by atoms with E-state index in [4.69, 9.17) is 15.4 Å². The highest BCUT2D eigenvalue weighted by molar-refractivity contribution is 6.33. The van der Waals surface area contributed by atoms with Crippen molar-refractivity contribution in [1.82, 2.24) is 15.1 Å². The zero-order valence-electron chi connectivity index (χ0n) is 19.5. The van der Waals surface area contributed by atoms with E-state index in [2.05, 4.69) is 29.2 Å². The van der Waals surface area contributed by atoms with E-state index in [1.54, 1.807) is 4.90 Å². The summed E-state index contributed by atoms with van der Waals surface area (Å²) in [6.45, 7) is 6.58. The molecule has 3 aliphatic rings. The third kappa shape index (κ3) is 4.82. The first kappa shape index (κ1) is 23.9. The number of nitrogens with one attached hydrogen (secondary N) is 2. The van der Waals surface area contributed by atoms with Gasteiger partial charge in [-0.15, -0.1) is 0 Å². The van der Waals surface area contributed by atoms with E-state index in [-0.39, 0.29) is 18.0 Å². The highest BCUT2D eigenvalue weighted by atomic mass is 16.6. The van der Waals surface area contributed by atoms with Crippen molar-refractivity contribution in [3.05, 3.63) is 35.4 Å². The number of rotatable bonds is 5. The Morgan fingerprint density at radius 1 is 1.09 bits per heavy atom. The smallest absolute Gasteiger partial charge is 0.372 e. The number of benzene rings is 1. The summed E-state index contributed by atoms with van der Waals surface area (Å²) < 4.78 is 0. The third-order valence-electron chi connectivity index (χ3n) is 6.91. The molecule has 4 rings (SSSR count). The molecule has 1 amide bonds. The molecule has 3 heterocycles. The van der Waals surface area contributed by atoms with Crippen LogP contribution in [-0.2, 0) is 19.2 Å². The van der Waals surface area contributed by atoms with E-state index < -0.39 is 23.8 Å². The lowest BCUT2D eigenvalue weighted by molar-refractivity contribution is -0.152. The number of amides is 1. The summed E-state index contributed by atoms with van der Waals surface area (Å²) >= 11 is 0. The fourth-order valence-corrected chi connectivity index (χ4v) is 4.96. The minimum absolute atomic E-state index is 0.194. The van der Waals surface area contributed by atoms with Gasteiger partial charge in [-0.1, -0.05) is 29.4 Å². The average Bonchev–Trinajstić information content (AvgIpc) is 3.33. The van der Waals surface area contributed by atoms with Gasteiger partial charge < -0.3 is 25.1 Å². The molecule has 0 aliphatic carbocycles. The maximum atomic E-state index is 12.9. The van der Waals surface area contributed by atoms with Crippen molar-refractivity contribution in [3.63, 3.8) is 0 Å². The number of piperidine rings is 1. The fourth-order valence-electron chi connectivity index (χ4n) is 4.96. The second-order valence-corrected chi connectivity index (χ2v) is 9.29. The molecule has 3 N–H and O–H groups in total. The first-order chi connectivity index (χ1) is 16.3. The molecular formula is C24H31N5O5. The summed E-state index contributed by atoms with van der Waals surface area (Å²) in [7, 11) is 0. The van der Waals surface area contributed by atoms with Crippen LogP contribution in [0.5, 0.6) is 0 Å². The van der Waals surface area contributed by atoms with Crippen LogP contribution in [0.25, 0.3) is 0 Å². The van der Waals surface area contributed by atoms with Gasteiger partial charge in [0.25, 0.3) is 5.91 Å². The van der Waals surface area contributed by atoms with Crippen LogP contribution in [0.1, 0.15) is 44.2 Å². The van der Waals surface area contributed by atoms with Crippen LogP contribution in [0.4, 0.5) is 0 Å². The molecule has 3 unspecified atom stereocenters. The Labute approximate surface area is 198 Å². The summed E-state index contributed by atoms with van der Waals surface area (Å²) in [5, 5.41) is 25.0. The molecule has 10 heteroatoms. The third-order valence-corrected chi connectivity index (χ3v) is 6.91. The van der Waals surface area contributed by atoms with Crippen LogP contribution < -0.4 is 5.32 Å². The normalized spacial score (nSPS) is 25.5. The maximum absolute atomic E-state index is 12.9. The topological polar surface area (TPSA) is 135 Å². The molecule has 0 spiro atoms. The number of ketones is 1. The van der Waals surface area contributed by atoms with Crippen molar-refractivity contribution in [2.45, 2.75) is 51.3 Å². The number of amidine groups is 1. The summed E-state index contributed by atoms with van der Waals surface area (Å²) in [4.78, 5) is 44.6. The van der Waals surface area contributed by atoms with E-state index in [1.165, 1.54) is 0 Å². The lowest BCUT2D eigenvalue weighted by atomic mass is 9.92. The first-order valence-corrected chi connectivity index (χ1v) is 11.7. The average molecular weight is 470 g/mol. The molecule has 0 saturated carbocycles. The Morgan fingerprint density at radius 2 is 1.71 bits per heavy atom. The van der Waals surface area contributed by atoms with E-state index in [0.29, 0.717) is 43.9 Å². The largest absolute Gasteiger partial charge is 0.475 e. The molecule has 1 aromatic carbocycles. The molecule has 0 bridgehead atoms. The van der Waals surface area contributed by atoms with Crippen LogP contribution >= 0.6 is 0 Å². The second kappa shape index (κ2) is 9.92. The SMILES string of the molecule is CC1CNCC(C)N1C(=N)c1ccc(C2=NOC(C(=O)N3CCC(C(=O)C(=O)O)CC3)C2)cc1. The fraction of sp³-hybridized carbons (Fsp3) is 0.542. The van der Waals surface area contributed by atoms with Gasteiger partial charge in [0.15, 0.2) is 0 Å². The number of carbonyl (C=O) groups excluding carboxylic acids is 2. The predicted molar refractivity (Wildman–Crippen MR) is 125 cm³/mol. The number of likely N-dealkylation sites (tertiary alicyclic amines) is 1. The van der Waals surface area contributed by atoms with E-state index >= 15 is 0 Å². The van der Waals surface area contributed by atoms with Crippen molar-refractivity contribution < 1.29 is 24.3 Å². The highest BCUT2D eigenvalue weighted by Crippen LogP contribution is 2.24. The van der Waals surface area contributed by atoms with Crippen molar-refractivity contribution in [1.29, 1.82) is 5.41 Å². The number of hydrogen-bond donors (Lipinski definition) is 3. The monoisotopic (exact) mass is 469 g/mol. The van der Waals surface area contributed by atoms with Gasteiger partial charge in [-0.3, -0.25) is 15.0 Å². The summed E-state index contributed by atoms with van der Waals surface area (Å²) in [6, 6.07) is 8.09. The number of hydrogen-bond acceptors (Lipinski definition) is 7. The number of carbonyl (C=O) groups is 3. The van der Waals surface area contributed by atoms with Gasteiger partial charge in [-0.2, -0.15) is 0 Å². The Hall–Kier alpha value is -3.27. The van der Waals surface area contributed by atoms with Crippen molar-refractivity contribution >= 4 is 29.2 Å². The quantitative estimate of drug-likeness (QED) is 0.334. The van der Waals surface area contributed by atoms with Gasteiger partial charge in [0, 0.05) is 56.2 Å². The van der Waals surface area contributed by atoms with Gasteiger partial charge in [-0.25, -0.2) is 4.79 Å². The van der Waals surface area contributed by atoms with E-state index in [9.17, 15) is 14.4 Å². The van der Waals surface area contributed by atoms with Gasteiger partial charge in [0.2, 0.25) is 11.9 Å². The highest BCUT2D eigenvalue weighted by Gasteiger charge is 2.36. The molecule has 0 radical (unpaired) electrons. The molecule has 34 heavy (non-hydrogen) atoms. The van der Waals surface area contributed by atoms with Crippen molar-refractivity contribution in [2.75, 3.05) is 26.2 Å². The molecule has 3 aliphatic heterocycles. The maximum Gasteiger partial charge on any atom is 0.372 e. The molecule has 2 fully saturated rings. The van der Waals surface area contributed by atoms with Crippen LogP contribution in [-0.4, -0.2) is 88.5 Å². The molecule has 182 valence electrons. The zero-order valence-corrected chi connectivity index (χ0v) is 19.5. The Bertz CT molecular complexity index is 990. The van der Waals surface area contributed by atoms with Crippen LogP contribution in [0, 0.1) is 11.3 Å². The second-order valence-electron chi connectivity index (χ2n) is 9.29. The number of carboxylic acid groups (broad SMARTS) is 1. The van der Waals surface area contributed by atoms with Crippen molar-refractivity contribution in [3.8, 4) is 0 Å². The number of aliphatic carboxylic acids is 1. The number of Topliss-reactive ketones (excluding diaryl/α,β-unsaturated/α-hetero) is 1. The number of oxime groups is 1. The predicted octanol–water partition coefficient (Wildman–Crippen LogP) is 1.08. The standard InChI is InChI=1S/C24H31N5O5/c1-14-12-26-13-15(2)29(14)22(25)18-5-3-16(4-6-18)19-11-20(34-27-19)23(31)28-9-7-17(8-10-28)21(30)24(32)33/h3-6,14-15,17,20,25-26H,7-13H2,1-2H3,(H,32,33). The van der Waals surface area contributed by atoms with Gasteiger partial charge in [-0.05, 0) is 32.3 Å². The molecule has 10 nitrogen and oxygen atoms in total. The van der Waals surface area contributed by atoms with E-state index in [0.717, 1.165) is 24.2 Å². The number of nitrogens with zero attached hydrogens (tertiary/aromatic N) is 3. The van der Waals surface area contributed by atoms with Crippen LogP contribution in [0.2, 0.25) is 0 Å². The lowest BCUT2D eigenvalue weighted by Crippen LogP contribution is -2.57. The Kier molecular flexibility index (Phi) is 6.97.